The van der Waals surface area contributed by atoms with Crippen LogP contribution in [0, 0.1) is 11.3 Å². The van der Waals surface area contributed by atoms with Gasteiger partial charge in [-0.15, -0.1) is 0 Å². The van der Waals surface area contributed by atoms with E-state index in [0.717, 1.165) is 38.9 Å². The molecule has 2 saturated heterocycles. The molecule has 0 aromatic carbocycles. The summed E-state index contributed by atoms with van der Waals surface area (Å²) in [5.41, 5.74) is 0.784. The van der Waals surface area contributed by atoms with Gasteiger partial charge in [-0.1, -0.05) is 13.8 Å². The van der Waals surface area contributed by atoms with Gasteiger partial charge in [0.1, 0.15) is 6.26 Å². The topological polar surface area (TPSA) is 53.8 Å². The SMILES string of the molecule is CC1(C)CCN(C(=O)[C@H]2CCCN(C(=O)c3ccoc3)C2)C1. The maximum absolute atomic E-state index is 12.7. The maximum atomic E-state index is 12.7. The van der Waals surface area contributed by atoms with Crippen LogP contribution in [0.15, 0.2) is 23.0 Å². The van der Waals surface area contributed by atoms with Gasteiger partial charge in [0.15, 0.2) is 0 Å². The van der Waals surface area contributed by atoms with Crippen molar-refractivity contribution in [1.29, 1.82) is 0 Å². The largest absolute Gasteiger partial charge is 0.472 e. The van der Waals surface area contributed by atoms with E-state index in [4.69, 9.17) is 4.42 Å². The summed E-state index contributed by atoms with van der Waals surface area (Å²) >= 11 is 0. The van der Waals surface area contributed by atoms with Crippen molar-refractivity contribution in [2.24, 2.45) is 11.3 Å². The number of piperidine rings is 1. The van der Waals surface area contributed by atoms with Crippen molar-refractivity contribution in [1.82, 2.24) is 9.80 Å². The molecule has 0 bridgehead atoms. The van der Waals surface area contributed by atoms with Crippen LogP contribution in [-0.4, -0.2) is 47.8 Å². The van der Waals surface area contributed by atoms with E-state index in [-0.39, 0.29) is 23.1 Å². The first-order chi connectivity index (χ1) is 10.5. The minimum absolute atomic E-state index is 0.0343. The molecule has 1 aromatic heterocycles. The molecule has 2 aliphatic rings. The van der Waals surface area contributed by atoms with Crippen molar-refractivity contribution in [3.05, 3.63) is 24.2 Å². The fourth-order valence-corrected chi connectivity index (χ4v) is 3.49. The molecule has 0 radical (unpaired) electrons. The number of nitrogens with zero attached hydrogens (tertiary/aromatic N) is 2. The molecule has 3 heterocycles. The first-order valence-electron chi connectivity index (χ1n) is 8.06. The standard InChI is InChI=1S/C17H24N2O3/c1-17(2)6-8-19(12-17)15(20)13-4-3-7-18(10-13)16(21)14-5-9-22-11-14/h5,9,11,13H,3-4,6-8,10,12H2,1-2H3/t13-/m0/s1. The van der Waals surface area contributed by atoms with Gasteiger partial charge < -0.3 is 14.2 Å². The Balaban J connectivity index is 1.63. The van der Waals surface area contributed by atoms with Crippen molar-refractivity contribution in [3.8, 4) is 0 Å². The first-order valence-corrected chi connectivity index (χ1v) is 8.06. The van der Waals surface area contributed by atoms with Gasteiger partial charge in [-0.3, -0.25) is 9.59 Å². The summed E-state index contributed by atoms with van der Waals surface area (Å²) in [7, 11) is 0. The van der Waals surface area contributed by atoms with Gasteiger partial charge in [-0.25, -0.2) is 0 Å². The number of carbonyl (C=O) groups is 2. The molecule has 0 spiro atoms. The van der Waals surface area contributed by atoms with Crippen LogP contribution in [0.25, 0.3) is 0 Å². The molecule has 3 rings (SSSR count). The summed E-state index contributed by atoms with van der Waals surface area (Å²) in [6.07, 6.45) is 5.80. The lowest BCUT2D eigenvalue weighted by molar-refractivity contribution is -0.136. The van der Waals surface area contributed by atoms with Crippen LogP contribution in [0.1, 0.15) is 43.5 Å². The van der Waals surface area contributed by atoms with Crippen LogP contribution < -0.4 is 0 Å². The van der Waals surface area contributed by atoms with E-state index in [2.05, 4.69) is 13.8 Å². The number of hydrogen-bond donors (Lipinski definition) is 0. The van der Waals surface area contributed by atoms with E-state index in [0.29, 0.717) is 12.1 Å². The van der Waals surface area contributed by atoms with E-state index in [1.807, 2.05) is 4.90 Å². The number of amides is 2. The van der Waals surface area contributed by atoms with Gasteiger partial charge in [-0.05, 0) is 30.7 Å². The molecule has 2 amide bonds. The Hall–Kier alpha value is -1.78. The van der Waals surface area contributed by atoms with Crippen molar-refractivity contribution >= 4 is 11.8 Å². The van der Waals surface area contributed by atoms with Gasteiger partial charge >= 0.3 is 0 Å². The summed E-state index contributed by atoms with van der Waals surface area (Å²) < 4.78 is 4.98. The van der Waals surface area contributed by atoms with Crippen molar-refractivity contribution < 1.29 is 14.0 Å². The first kappa shape index (κ1) is 15.1. The fourth-order valence-electron chi connectivity index (χ4n) is 3.49. The van der Waals surface area contributed by atoms with E-state index < -0.39 is 0 Å². The summed E-state index contributed by atoms with van der Waals surface area (Å²) in [6, 6.07) is 1.68. The second-order valence-corrected chi connectivity index (χ2v) is 7.28. The van der Waals surface area contributed by atoms with Crippen molar-refractivity contribution in [3.63, 3.8) is 0 Å². The van der Waals surface area contributed by atoms with Crippen LogP contribution >= 0.6 is 0 Å². The Morgan fingerprint density at radius 1 is 1.27 bits per heavy atom. The number of hydrogen-bond acceptors (Lipinski definition) is 3. The highest BCUT2D eigenvalue weighted by Crippen LogP contribution is 2.31. The number of furan rings is 1. The zero-order chi connectivity index (χ0) is 15.7. The van der Waals surface area contributed by atoms with E-state index >= 15 is 0 Å². The van der Waals surface area contributed by atoms with Gasteiger partial charge in [0.2, 0.25) is 5.91 Å². The highest BCUT2D eigenvalue weighted by atomic mass is 16.3. The fraction of sp³-hybridized carbons (Fsp3) is 0.647. The van der Waals surface area contributed by atoms with Gasteiger partial charge in [0, 0.05) is 26.2 Å². The average molecular weight is 304 g/mol. The van der Waals surface area contributed by atoms with E-state index in [9.17, 15) is 9.59 Å². The molecule has 1 aromatic rings. The smallest absolute Gasteiger partial charge is 0.257 e. The molecule has 0 N–H and O–H groups in total. The molecular formula is C17H24N2O3. The number of rotatable bonds is 2. The van der Waals surface area contributed by atoms with E-state index in [1.165, 1.54) is 12.5 Å². The Morgan fingerprint density at radius 2 is 2.09 bits per heavy atom. The Bertz CT molecular complexity index is 550. The van der Waals surface area contributed by atoms with Gasteiger partial charge in [0.25, 0.3) is 5.91 Å². The molecule has 120 valence electrons. The third-order valence-corrected chi connectivity index (χ3v) is 4.82. The van der Waals surface area contributed by atoms with Crippen LogP contribution in [-0.2, 0) is 4.79 Å². The normalized spacial score (nSPS) is 24.5. The van der Waals surface area contributed by atoms with Gasteiger partial charge in [0.05, 0.1) is 17.7 Å². The van der Waals surface area contributed by atoms with E-state index in [1.54, 1.807) is 11.0 Å². The second kappa shape index (κ2) is 5.78. The van der Waals surface area contributed by atoms with Gasteiger partial charge in [-0.2, -0.15) is 0 Å². The predicted molar refractivity (Wildman–Crippen MR) is 82.3 cm³/mol. The lowest BCUT2D eigenvalue weighted by atomic mass is 9.93. The third-order valence-electron chi connectivity index (χ3n) is 4.82. The third kappa shape index (κ3) is 3.03. The number of carbonyl (C=O) groups excluding carboxylic acids is 2. The molecule has 2 fully saturated rings. The molecule has 2 aliphatic heterocycles. The zero-order valence-corrected chi connectivity index (χ0v) is 13.4. The van der Waals surface area contributed by atoms with Crippen LogP contribution in [0.2, 0.25) is 0 Å². The average Bonchev–Trinajstić information content (AvgIpc) is 3.15. The minimum atomic E-state index is -0.0569. The molecule has 5 nitrogen and oxygen atoms in total. The van der Waals surface area contributed by atoms with Crippen LogP contribution in [0.5, 0.6) is 0 Å². The van der Waals surface area contributed by atoms with Crippen molar-refractivity contribution in [2.75, 3.05) is 26.2 Å². The molecule has 1 atom stereocenters. The lowest BCUT2D eigenvalue weighted by Gasteiger charge is -2.34. The Kier molecular flexibility index (Phi) is 3.98. The maximum Gasteiger partial charge on any atom is 0.257 e. The molecule has 5 heteroatoms. The molecule has 22 heavy (non-hydrogen) atoms. The second-order valence-electron chi connectivity index (χ2n) is 7.28. The van der Waals surface area contributed by atoms with Crippen LogP contribution in [0.3, 0.4) is 0 Å². The zero-order valence-electron chi connectivity index (χ0n) is 13.4. The molecule has 0 unspecified atom stereocenters. The van der Waals surface area contributed by atoms with Crippen molar-refractivity contribution in [2.45, 2.75) is 33.1 Å². The summed E-state index contributed by atoms with van der Waals surface area (Å²) in [6.45, 7) is 7.33. The number of likely N-dealkylation sites (tertiary alicyclic amines) is 2. The lowest BCUT2D eigenvalue weighted by Crippen LogP contribution is -2.46. The Morgan fingerprint density at radius 3 is 2.73 bits per heavy atom. The quantitative estimate of drug-likeness (QED) is 0.843. The summed E-state index contributed by atoms with van der Waals surface area (Å²) in [5, 5.41) is 0. The Labute approximate surface area is 131 Å². The minimum Gasteiger partial charge on any atom is -0.472 e. The molecule has 0 aliphatic carbocycles. The molecular weight excluding hydrogens is 280 g/mol. The van der Waals surface area contributed by atoms with Crippen LogP contribution in [0.4, 0.5) is 0 Å². The monoisotopic (exact) mass is 304 g/mol. The summed E-state index contributed by atoms with van der Waals surface area (Å²) in [4.78, 5) is 28.9. The highest BCUT2D eigenvalue weighted by molar-refractivity contribution is 5.94. The predicted octanol–water partition coefficient (Wildman–Crippen LogP) is 2.39. The highest BCUT2D eigenvalue weighted by Gasteiger charge is 2.37. The molecule has 0 saturated carbocycles. The summed E-state index contributed by atoms with van der Waals surface area (Å²) in [5.74, 6) is 0.127.